The molecule has 4 N–H and O–H groups in total. The third-order valence-electron chi connectivity index (χ3n) is 14.9. The minimum atomic E-state index is -2.09. The molecule has 5 aliphatic carbocycles. The molecule has 48 heavy (non-hydrogen) atoms. The van der Waals surface area contributed by atoms with E-state index in [0.29, 0.717) is 6.42 Å². The Labute approximate surface area is 277 Å². The normalized spacial score (nSPS) is 61.1. The highest BCUT2D eigenvalue weighted by molar-refractivity contribution is 5.84. The predicted molar refractivity (Wildman–Crippen MR) is 157 cm³/mol. The van der Waals surface area contributed by atoms with Gasteiger partial charge in [-0.15, -0.1) is 0 Å². The molecule has 5 saturated carbocycles. The first kappa shape index (κ1) is 32.8. The summed E-state index contributed by atoms with van der Waals surface area (Å²) in [7, 11) is 0. The molecule has 14 heteroatoms. The van der Waals surface area contributed by atoms with E-state index in [0.717, 1.165) is 0 Å². The van der Waals surface area contributed by atoms with Gasteiger partial charge in [-0.05, 0) is 38.0 Å². The van der Waals surface area contributed by atoms with Crippen molar-refractivity contribution in [3.63, 3.8) is 0 Å². The SMILES string of the molecule is CC(=O)O[C@H]1[C@H]2[C@@H]([C@@H](O)[C@@H](O)[C@H]3C[C@@H]4O[C@@H]4[C@H](OC(C)=O)[C@]23C)[C@@H]2[C@@H](O)[C@@H]3[C@H]([C@H](C)[C@@H]4O[C@@]45OC(=O)[C@@](C)(O)[C@]35C)[C@@]2(C)[C@H]1OC(C)=O. The minimum Gasteiger partial charge on any atom is -0.459 e. The highest BCUT2D eigenvalue weighted by Crippen LogP contribution is 2.80. The van der Waals surface area contributed by atoms with Crippen molar-refractivity contribution < 1.29 is 68.0 Å². The molecular formula is C34H46O14. The Hall–Kier alpha value is -2.36. The molecule has 266 valence electrons. The van der Waals surface area contributed by atoms with Crippen molar-refractivity contribution in [2.75, 3.05) is 0 Å². The van der Waals surface area contributed by atoms with Crippen LogP contribution in [0.1, 0.15) is 61.8 Å². The number of rotatable bonds is 3. The molecule has 8 rings (SSSR count). The van der Waals surface area contributed by atoms with Gasteiger partial charge < -0.3 is 48.8 Å². The van der Waals surface area contributed by atoms with Crippen LogP contribution in [0.25, 0.3) is 0 Å². The molecular weight excluding hydrogens is 632 g/mol. The van der Waals surface area contributed by atoms with Gasteiger partial charge >= 0.3 is 23.9 Å². The van der Waals surface area contributed by atoms with Crippen molar-refractivity contribution in [2.24, 2.45) is 57.7 Å². The maximum Gasteiger partial charge on any atom is 0.341 e. The standard InChI is InChI=1S/C34H46O14/c1-10-17-20(32(7)33(8,42)29(41)48-34(32)26(10)47-34)23(40)18-16-19(25(43-11(2)35)28(31(17,18)6)45-13(4)37)30(5)14(21(38)22(16)39)9-15-24(46-15)27(30)44-12(3)36/h10,14-28,38-40,42H,9H2,1-8H3/t10-,14+,15-,16-,17-,18+,19+,20-,21-,22+,23+,24-,25-,26-,27-,28-,30-,31+,32-,33+,34+/m0/s1. The smallest absolute Gasteiger partial charge is 0.341 e. The quantitative estimate of drug-likeness (QED) is 0.174. The fourth-order valence-corrected chi connectivity index (χ4v) is 13.1. The topological polar surface area (TPSA) is 211 Å². The number of fused-ring (bicyclic) bond motifs is 9. The number of esters is 4. The summed E-state index contributed by atoms with van der Waals surface area (Å²) >= 11 is 0. The third kappa shape index (κ3) is 3.45. The number of ether oxygens (including phenoxy) is 6. The number of aliphatic hydroxyl groups is 4. The van der Waals surface area contributed by atoms with E-state index in [-0.39, 0.29) is 6.10 Å². The Kier molecular flexibility index (Phi) is 6.49. The van der Waals surface area contributed by atoms with Crippen LogP contribution in [0.4, 0.5) is 0 Å². The number of aliphatic hydroxyl groups excluding tert-OH is 3. The molecule has 8 fully saturated rings. The second kappa shape index (κ2) is 9.49. The van der Waals surface area contributed by atoms with E-state index < -0.39 is 142 Å². The van der Waals surface area contributed by atoms with E-state index >= 15 is 0 Å². The van der Waals surface area contributed by atoms with E-state index in [4.69, 9.17) is 28.4 Å². The van der Waals surface area contributed by atoms with Crippen LogP contribution in [-0.2, 0) is 47.6 Å². The van der Waals surface area contributed by atoms with Gasteiger partial charge in [0.1, 0.15) is 30.5 Å². The maximum absolute atomic E-state index is 13.3. The van der Waals surface area contributed by atoms with Crippen molar-refractivity contribution >= 4 is 23.9 Å². The highest BCUT2D eigenvalue weighted by atomic mass is 16.8. The second-order valence-corrected chi connectivity index (χ2v) is 16.7. The first-order valence-electron chi connectivity index (χ1n) is 17.1. The average Bonchev–Trinajstić information content (AvgIpc) is 3.88. The zero-order valence-corrected chi connectivity index (χ0v) is 28.3. The summed E-state index contributed by atoms with van der Waals surface area (Å²) in [6.07, 6.45) is -8.66. The Morgan fingerprint density at radius 3 is 2.00 bits per heavy atom. The molecule has 3 heterocycles. The molecule has 0 bridgehead atoms. The molecule has 0 aromatic carbocycles. The van der Waals surface area contributed by atoms with Gasteiger partial charge in [0.15, 0.2) is 5.60 Å². The summed E-state index contributed by atoms with van der Waals surface area (Å²) in [5.41, 5.74) is -6.05. The van der Waals surface area contributed by atoms with E-state index in [1.165, 1.54) is 27.7 Å². The first-order chi connectivity index (χ1) is 22.2. The number of carbonyl (C=O) groups excluding carboxylic acids is 4. The summed E-state index contributed by atoms with van der Waals surface area (Å²) in [6.45, 7) is 12.3. The molecule has 8 aliphatic rings. The Bertz CT molecular complexity index is 1500. The van der Waals surface area contributed by atoms with E-state index in [2.05, 4.69) is 0 Å². The van der Waals surface area contributed by atoms with Gasteiger partial charge in [-0.2, -0.15) is 0 Å². The number of hydrogen-bond acceptors (Lipinski definition) is 14. The zero-order chi connectivity index (χ0) is 35.0. The molecule has 21 atom stereocenters. The molecule has 3 saturated heterocycles. The van der Waals surface area contributed by atoms with Gasteiger partial charge in [-0.25, -0.2) is 4.79 Å². The van der Waals surface area contributed by atoms with Crippen LogP contribution < -0.4 is 0 Å². The van der Waals surface area contributed by atoms with Crippen LogP contribution in [0.15, 0.2) is 0 Å². The van der Waals surface area contributed by atoms with Crippen molar-refractivity contribution in [1.82, 2.24) is 0 Å². The van der Waals surface area contributed by atoms with Crippen molar-refractivity contribution in [2.45, 2.75) is 128 Å². The lowest BCUT2D eigenvalue weighted by Gasteiger charge is -2.66. The molecule has 0 amide bonds. The lowest BCUT2D eigenvalue weighted by atomic mass is 9.40. The fourth-order valence-electron chi connectivity index (χ4n) is 13.1. The molecule has 0 unspecified atom stereocenters. The van der Waals surface area contributed by atoms with Crippen LogP contribution in [0, 0.1) is 57.7 Å². The number of carbonyl (C=O) groups is 4. The zero-order valence-electron chi connectivity index (χ0n) is 28.3. The van der Waals surface area contributed by atoms with Gasteiger partial charge in [-0.3, -0.25) is 14.4 Å². The first-order valence-corrected chi connectivity index (χ1v) is 17.1. The largest absolute Gasteiger partial charge is 0.459 e. The summed E-state index contributed by atoms with van der Waals surface area (Å²) in [5.74, 6) is -9.82. The summed E-state index contributed by atoms with van der Waals surface area (Å²) < 4.78 is 36.2. The molecule has 3 aliphatic heterocycles. The highest BCUT2D eigenvalue weighted by Gasteiger charge is 2.93. The third-order valence-corrected chi connectivity index (χ3v) is 14.9. The Balaban J connectivity index is 1.38. The van der Waals surface area contributed by atoms with E-state index in [1.807, 2.05) is 20.8 Å². The molecule has 14 nitrogen and oxygen atoms in total. The number of epoxide rings is 2. The van der Waals surface area contributed by atoms with Crippen LogP contribution in [0.5, 0.6) is 0 Å². The number of hydrogen-bond donors (Lipinski definition) is 4. The van der Waals surface area contributed by atoms with Gasteiger partial charge in [0.05, 0.1) is 29.8 Å². The van der Waals surface area contributed by atoms with Gasteiger partial charge in [0.2, 0.25) is 5.79 Å². The van der Waals surface area contributed by atoms with Crippen LogP contribution in [0.2, 0.25) is 0 Å². The molecule has 0 aromatic heterocycles. The van der Waals surface area contributed by atoms with Gasteiger partial charge in [0, 0.05) is 55.3 Å². The molecule has 1 spiro atoms. The fraction of sp³-hybridized carbons (Fsp3) is 0.882. The average molecular weight is 679 g/mol. The van der Waals surface area contributed by atoms with E-state index in [1.54, 1.807) is 6.92 Å². The van der Waals surface area contributed by atoms with Crippen molar-refractivity contribution in [3.8, 4) is 0 Å². The maximum atomic E-state index is 13.3. The van der Waals surface area contributed by atoms with Crippen LogP contribution in [-0.4, -0.2) is 111 Å². The van der Waals surface area contributed by atoms with Gasteiger partial charge in [-0.1, -0.05) is 20.8 Å². The minimum absolute atomic E-state index is 0.318. The van der Waals surface area contributed by atoms with Crippen molar-refractivity contribution in [1.29, 1.82) is 0 Å². The van der Waals surface area contributed by atoms with Crippen molar-refractivity contribution in [3.05, 3.63) is 0 Å². The Morgan fingerprint density at radius 2 is 1.40 bits per heavy atom. The monoisotopic (exact) mass is 678 g/mol. The predicted octanol–water partition coefficient (Wildman–Crippen LogP) is -0.155. The van der Waals surface area contributed by atoms with Crippen LogP contribution in [0.3, 0.4) is 0 Å². The lowest BCUT2D eigenvalue weighted by molar-refractivity contribution is -0.300. The lowest BCUT2D eigenvalue weighted by Crippen LogP contribution is -2.75. The van der Waals surface area contributed by atoms with Gasteiger partial charge in [0.25, 0.3) is 0 Å². The Morgan fingerprint density at radius 1 is 0.792 bits per heavy atom. The summed E-state index contributed by atoms with van der Waals surface area (Å²) in [4.78, 5) is 51.9. The molecule has 0 radical (unpaired) electrons. The molecule has 0 aromatic rings. The van der Waals surface area contributed by atoms with Crippen LogP contribution >= 0.6 is 0 Å². The van der Waals surface area contributed by atoms with E-state index in [9.17, 15) is 39.6 Å². The summed E-state index contributed by atoms with van der Waals surface area (Å²) in [5, 5.41) is 48.9. The second-order valence-electron chi connectivity index (χ2n) is 16.7. The summed E-state index contributed by atoms with van der Waals surface area (Å²) in [6, 6.07) is 0.